The first-order valence-electron chi connectivity index (χ1n) is 1.86. The fourth-order valence-electron chi connectivity index (χ4n) is 0. The van der Waals surface area contributed by atoms with Gasteiger partial charge < -0.3 is 0 Å². The molecular formula is C3H11NO2. The van der Waals surface area contributed by atoms with E-state index in [-0.39, 0.29) is 0 Å². The Morgan fingerprint density at radius 1 is 1.33 bits per heavy atom. The van der Waals surface area contributed by atoms with Gasteiger partial charge in [0.15, 0.2) is 0 Å². The highest BCUT2D eigenvalue weighted by Crippen LogP contribution is 1.56. The van der Waals surface area contributed by atoms with Crippen LogP contribution in [-0.4, -0.2) is 10.4 Å². The second-order valence-corrected chi connectivity index (χ2v) is 0.807. The Morgan fingerprint density at radius 3 is 1.33 bits per heavy atom. The summed E-state index contributed by atoms with van der Waals surface area (Å²) in [5.74, 6) is 0. The molecule has 0 bridgehead atoms. The van der Waals surface area contributed by atoms with Crippen LogP contribution in [0.1, 0.15) is 20.3 Å². The van der Waals surface area contributed by atoms with E-state index in [9.17, 15) is 0 Å². The van der Waals surface area contributed by atoms with Gasteiger partial charge in [-0.15, -0.1) is 0 Å². The lowest BCUT2D eigenvalue weighted by molar-refractivity contribution is -0.0678. The molecule has 0 aliphatic carbocycles. The molecule has 3 nitrogen and oxygen atoms in total. The topological polar surface area (TPSA) is 52.5 Å². The minimum absolute atomic E-state index is 0.750. The van der Waals surface area contributed by atoms with Gasteiger partial charge in [0.2, 0.25) is 0 Å². The standard InChI is InChI=1S/C3H8.H3NO2/c1-3-2;2-1-3/h3H2,1-2H3;1-3H. The highest BCUT2D eigenvalue weighted by atomic mass is 16.7. The van der Waals surface area contributed by atoms with E-state index in [0.717, 1.165) is 5.64 Å². The first-order valence-corrected chi connectivity index (χ1v) is 1.86. The Hall–Kier alpha value is -0.120. The lowest BCUT2D eigenvalue weighted by Gasteiger charge is -1.61. The molecule has 0 spiro atoms. The van der Waals surface area contributed by atoms with Crippen molar-refractivity contribution >= 4 is 0 Å². The van der Waals surface area contributed by atoms with E-state index >= 15 is 0 Å². The first kappa shape index (κ1) is 9.30. The molecule has 3 heteroatoms. The summed E-state index contributed by atoms with van der Waals surface area (Å²) in [6.45, 7) is 4.25. The predicted molar refractivity (Wildman–Crippen MR) is 22.7 cm³/mol. The lowest BCUT2D eigenvalue weighted by atomic mass is 10.6. The normalized spacial score (nSPS) is 6.00. The van der Waals surface area contributed by atoms with Gasteiger partial charge in [0.1, 0.15) is 0 Å². The van der Waals surface area contributed by atoms with Gasteiger partial charge in [-0.1, -0.05) is 25.9 Å². The van der Waals surface area contributed by atoms with E-state index in [1.807, 2.05) is 0 Å². The summed E-state index contributed by atoms with van der Waals surface area (Å²) in [6.07, 6.45) is 1.25. The average molecular weight is 93.1 g/mol. The summed E-state index contributed by atoms with van der Waals surface area (Å²) in [6, 6.07) is 0. The molecule has 0 aromatic carbocycles. The van der Waals surface area contributed by atoms with Crippen molar-refractivity contribution < 1.29 is 10.4 Å². The van der Waals surface area contributed by atoms with Crippen LogP contribution in [0.5, 0.6) is 0 Å². The minimum Gasteiger partial charge on any atom is -0.292 e. The van der Waals surface area contributed by atoms with Crippen LogP contribution < -0.4 is 5.64 Å². The highest BCUT2D eigenvalue weighted by molar-refractivity contribution is 3.92. The van der Waals surface area contributed by atoms with E-state index < -0.39 is 0 Å². The van der Waals surface area contributed by atoms with E-state index in [4.69, 9.17) is 10.4 Å². The maximum absolute atomic E-state index is 6.88. The molecular weight excluding hydrogens is 82.0 g/mol. The molecule has 3 N–H and O–H groups in total. The molecule has 0 rings (SSSR count). The third kappa shape index (κ3) is 2230. The van der Waals surface area contributed by atoms with Crippen LogP contribution in [-0.2, 0) is 0 Å². The maximum Gasteiger partial charge on any atom is -0.0590 e. The summed E-state index contributed by atoms with van der Waals surface area (Å²) in [5.41, 5.74) is 0.750. The van der Waals surface area contributed by atoms with E-state index in [1.54, 1.807) is 0 Å². The van der Waals surface area contributed by atoms with Crippen molar-refractivity contribution in [1.82, 2.24) is 5.64 Å². The van der Waals surface area contributed by atoms with Crippen molar-refractivity contribution in [3.8, 4) is 0 Å². The molecule has 0 saturated heterocycles. The molecule has 0 heterocycles. The molecule has 0 saturated carbocycles. The molecule has 0 aromatic heterocycles. The minimum atomic E-state index is 0.750. The van der Waals surface area contributed by atoms with Crippen LogP contribution >= 0.6 is 0 Å². The Balaban J connectivity index is 0. The van der Waals surface area contributed by atoms with Crippen LogP contribution in [0.2, 0.25) is 0 Å². The highest BCUT2D eigenvalue weighted by Gasteiger charge is 1.35. The summed E-state index contributed by atoms with van der Waals surface area (Å²) >= 11 is 0. The second kappa shape index (κ2) is 20.8. The van der Waals surface area contributed by atoms with Crippen LogP contribution in [0.4, 0.5) is 0 Å². The molecule has 0 aliphatic rings. The van der Waals surface area contributed by atoms with Gasteiger partial charge in [-0.2, -0.15) is 0 Å². The Labute approximate surface area is 37.5 Å². The summed E-state index contributed by atoms with van der Waals surface area (Å²) in [5, 5.41) is 13.8. The van der Waals surface area contributed by atoms with Crippen molar-refractivity contribution in [1.29, 1.82) is 0 Å². The summed E-state index contributed by atoms with van der Waals surface area (Å²) in [4.78, 5) is 0. The molecule has 0 fully saturated rings. The van der Waals surface area contributed by atoms with Crippen LogP contribution in [0.3, 0.4) is 0 Å². The number of hydrogen-bond donors (Lipinski definition) is 3. The van der Waals surface area contributed by atoms with E-state index in [1.165, 1.54) is 6.42 Å². The lowest BCUT2D eigenvalue weighted by Crippen LogP contribution is -1.93. The smallest absolute Gasteiger partial charge is 0.0590 e. The third-order valence-electron chi connectivity index (χ3n) is 0. The van der Waals surface area contributed by atoms with Crippen LogP contribution in [0.15, 0.2) is 0 Å². The van der Waals surface area contributed by atoms with Gasteiger partial charge in [-0.05, 0) is 0 Å². The monoisotopic (exact) mass is 93.1 g/mol. The van der Waals surface area contributed by atoms with Crippen molar-refractivity contribution in [3.05, 3.63) is 0 Å². The van der Waals surface area contributed by atoms with Crippen LogP contribution in [0, 0.1) is 0 Å². The SMILES string of the molecule is CCC.ONO. The van der Waals surface area contributed by atoms with Crippen molar-refractivity contribution in [2.75, 3.05) is 0 Å². The molecule has 0 aliphatic heterocycles. The molecule has 40 valence electrons. The zero-order valence-electron chi connectivity index (χ0n) is 4.10. The summed E-state index contributed by atoms with van der Waals surface area (Å²) in [7, 11) is 0. The number of hydrogen-bond acceptors (Lipinski definition) is 3. The summed E-state index contributed by atoms with van der Waals surface area (Å²) < 4.78 is 0. The Morgan fingerprint density at radius 2 is 1.33 bits per heavy atom. The fraction of sp³-hybridized carbons (Fsp3) is 1.00. The molecule has 0 amide bonds. The zero-order chi connectivity index (χ0) is 5.41. The molecule has 0 aromatic rings. The van der Waals surface area contributed by atoms with Gasteiger partial charge in [0, 0.05) is 0 Å². The van der Waals surface area contributed by atoms with Crippen molar-refractivity contribution in [2.45, 2.75) is 20.3 Å². The first-order chi connectivity index (χ1) is 2.83. The Kier molecular flexibility index (Phi) is 32.2. The zero-order valence-corrected chi connectivity index (χ0v) is 4.10. The van der Waals surface area contributed by atoms with Crippen molar-refractivity contribution in [3.63, 3.8) is 0 Å². The number of nitrogens with one attached hydrogen (secondary N) is 1. The Bertz CT molecular complexity index is 10.8. The molecule has 0 radical (unpaired) electrons. The quantitative estimate of drug-likeness (QED) is 0.388. The van der Waals surface area contributed by atoms with Gasteiger partial charge in [0.25, 0.3) is 0 Å². The number of rotatable bonds is 0. The van der Waals surface area contributed by atoms with Crippen molar-refractivity contribution in [2.24, 2.45) is 0 Å². The van der Waals surface area contributed by atoms with E-state index in [0.29, 0.717) is 0 Å². The molecule has 6 heavy (non-hydrogen) atoms. The maximum atomic E-state index is 6.88. The fourth-order valence-corrected chi connectivity index (χ4v) is 0. The second-order valence-electron chi connectivity index (χ2n) is 0.807. The average Bonchev–Trinajstić information content (AvgIpc) is 1.39. The largest absolute Gasteiger partial charge is 0.292 e. The van der Waals surface area contributed by atoms with E-state index in [2.05, 4.69) is 13.8 Å². The van der Waals surface area contributed by atoms with Gasteiger partial charge in [-0.3, -0.25) is 10.4 Å². The third-order valence-corrected chi connectivity index (χ3v) is 0. The van der Waals surface area contributed by atoms with Gasteiger partial charge >= 0.3 is 0 Å². The molecule has 0 unspecified atom stereocenters. The van der Waals surface area contributed by atoms with Gasteiger partial charge in [0.05, 0.1) is 0 Å². The molecule has 0 atom stereocenters. The van der Waals surface area contributed by atoms with Gasteiger partial charge in [-0.25, -0.2) is 0 Å². The van der Waals surface area contributed by atoms with Crippen LogP contribution in [0.25, 0.3) is 0 Å². The predicted octanol–water partition coefficient (Wildman–Crippen LogP) is 0.771.